The summed E-state index contributed by atoms with van der Waals surface area (Å²) in [7, 11) is 0. The Morgan fingerprint density at radius 3 is 1.81 bits per heavy atom. The van der Waals surface area contributed by atoms with E-state index in [9.17, 15) is 5.11 Å². The molecule has 0 saturated heterocycles. The molecule has 0 aliphatic rings. The van der Waals surface area contributed by atoms with Crippen molar-refractivity contribution in [3.05, 3.63) is 0 Å². The fourth-order valence-corrected chi connectivity index (χ4v) is 2.37. The Balaban J connectivity index is 3.12. The molecule has 0 rings (SSSR count). The van der Waals surface area contributed by atoms with E-state index in [0.29, 0.717) is 6.61 Å². The molecule has 2 atom stereocenters. The number of hydrogen-bond acceptors (Lipinski definition) is 4. The van der Waals surface area contributed by atoms with Crippen LogP contribution < -0.4 is 0 Å². The highest BCUT2D eigenvalue weighted by Gasteiger charge is 2.10. The van der Waals surface area contributed by atoms with Crippen LogP contribution in [0.1, 0.15) is 77.6 Å². The number of aliphatic hydroxyl groups excluding tert-OH is 3. The number of hydrogen-bond donors (Lipinski definition) is 3. The topological polar surface area (TPSA) is 69.9 Å². The van der Waals surface area contributed by atoms with E-state index in [0.717, 1.165) is 6.42 Å². The average Bonchev–Trinajstić information content (AvgIpc) is 2.48. The molecule has 0 aliphatic carbocycles. The van der Waals surface area contributed by atoms with Gasteiger partial charge in [-0.1, -0.05) is 64.7 Å². The van der Waals surface area contributed by atoms with Crippen molar-refractivity contribution in [2.75, 3.05) is 19.8 Å². The van der Waals surface area contributed by atoms with Gasteiger partial charge < -0.3 is 20.1 Å². The lowest BCUT2D eigenvalue weighted by Gasteiger charge is -2.13. The molecule has 0 spiro atoms. The number of rotatable bonds is 16. The Hall–Kier alpha value is -0.160. The first-order chi connectivity index (χ1) is 10.2. The highest BCUT2D eigenvalue weighted by atomic mass is 16.5. The van der Waals surface area contributed by atoms with Gasteiger partial charge >= 0.3 is 0 Å². The molecule has 0 aliphatic heterocycles. The Kier molecular flexibility index (Phi) is 16.1. The van der Waals surface area contributed by atoms with Crippen LogP contribution in [0.25, 0.3) is 0 Å². The molecule has 0 heterocycles. The molecule has 0 radical (unpaired) electrons. The molecule has 2 unspecified atom stereocenters. The van der Waals surface area contributed by atoms with Crippen LogP contribution in [-0.2, 0) is 4.74 Å². The minimum absolute atomic E-state index is 0.175. The minimum Gasteiger partial charge on any atom is -0.394 e. The zero-order valence-corrected chi connectivity index (χ0v) is 13.8. The van der Waals surface area contributed by atoms with Crippen molar-refractivity contribution in [2.24, 2.45) is 0 Å². The highest BCUT2D eigenvalue weighted by molar-refractivity contribution is 4.61. The summed E-state index contributed by atoms with van der Waals surface area (Å²) in [5.41, 5.74) is 0. The van der Waals surface area contributed by atoms with Gasteiger partial charge in [-0.05, 0) is 6.42 Å². The van der Waals surface area contributed by atoms with Crippen molar-refractivity contribution in [1.82, 2.24) is 0 Å². The number of aliphatic hydroxyl groups is 3. The predicted octanol–water partition coefficient (Wildman–Crippen LogP) is 3.03. The molecular weight excluding hydrogens is 268 g/mol. The molecule has 0 aromatic rings. The zero-order valence-electron chi connectivity index (χ0n) is 13.8. The maximum Gasteiger partial charge on any atom is 0.0799 e. The molecular formula is C17H36O4. The van der Waals surface area contributed by atoms with E-state index in [1.54, 1.807) is 0 Å². The van der Waals surface area contributed by atoms with Gasteiger partial charge in [-0.25, -0.2) is 0 Å². The second-order valence-electron chi connectivity index (χ2n) is 5.98. The first-order valence-electron chi connectivity index (χ1n) is 8.75. The van der Waals surface area contributed by atoms with Gasteiger partial charge in [-0.15, -0.1) is 0 Å². The molecule has 0 aromatic carbocycles. The zero-order chi connectivity index (χ0) is 15.8. The second kappa shape index (κ2) is 16.2. The molecule has 0 bridgehead atoms. The lowest BCUT2D eigenvalue weighted by atomic mass is 10.1. The molecule has 0 amide bonds. The van der Waals surface area contributed by atoms with Crippen molar-refractivity contribution in [3.8, 4) is 0 Å². The van der Waals surface area contributed by atoms with E-state index < -0.39 is 12.2 Å². The second-order valence-corrected chi connectivity index (χ2v) is 5.98. The van der Waals surface area contributed by atoms with Gasteiger partial charge in [0.2, 0.25) is 0 Å². The lowest BCUT2D eigenvalue weighted by molar-refractivity contribution is -0.00670. The maximum absolute atomic E-state index is 9.52. The number of unbranched alkanes of at least 4 members (excludes halogenated alkanes) is 9. The molecule has 0 saturated carbocycles. The van der Waals surface area contributed by atoms with Crippen LogP contribution in [-0.4, -0.2) is 47.3 Å². The normalized spacial score (nSPS) is 14.3. The van der Waals surface area contributed by atoms with E-state index >= 15 is 0 Å². The maximum atomic E-state index is 9.52. The third kappa shape index (κ3) is 16.0. The monoisotopic (exact) mass is 304 g/mol. The predicted molar refractivity (Wildman–Crippen MR) is 86.4 cm³/mol. The molecule has 21 heavy (non-hydrogen) atoms. The van der Waals surface area contributed by atoms with Crippen molar-refractivity contribution in [1.29, 1.82) is 0 Å². The van der Waals surface area contributed by atoms with Gasteiger partial charge in [-0.3, -0.25) is 0 Å². The molecule has 3 N–H and O–H groups in total. The van der Waals surface area contributed by atoms with Crippen LogP contribution in [0.5, 0.6) is 0 Å². The lowest BCUT2D eigenvalue weighted by Crippen LogP contribution is -2.24. The number of ether oxygens (including phenoxy) is 1. The summed E-state index contributed by atoms with van der Waals surface area (Å²) in [5.74, 6) is 0. The molecule has 4 heteroatoms. The van der Waals surface area contributed by atoms with E-state index in [-0.39, 0.29) is 19.6 Å². The summed E-state index contributed by atoms with van der Waals surface area (Å²) in [6.45, 7) is 2.85. The van der Waals surface area contributed by atoms with Crippen LogP contribution in [0.3, 0.4) is 0 Å². The Labute approximate surface area is 130 Å². The largest absolute Gasteiger partial charge is 0.394 e. The summed E-state index contributed by atoms with van der Waals surface area (Å²) in [6.07, 6.45) is 11.6. The van der Waals surface area contributed by atoms with Gasteiger partial charge in [0.25, 0.3) is 0 Å². The third-order valence-electron chi connectivity index (χ3n) is 3.71. The Morgan fingerprint density at radius 2 is 1.29 bits per heavy atom. The SMILES string of the molecule is CCCCCCCCCCCCOCC(O)CC(O)CO. The van der Waals surface area contributed by atoms with Gasteiger partial charge in [-0.2, -0.15) is 0 Å². The Bertz CT molecular complexity index is 199. The summed E-state index contributed by atoms with van der Waals surface area (Å²) in [4.78, 5) is 0. The molecule has 0 aromatic heterocycles. The van der Waals surface area contributed by atoms with Gasteiger partial charge in [0.05, 0.1) is 25.4 Å². The minimum atomic E-state index is -0.846. The van der Waals surface area contributed by atoms with Crippen molar-refractivity contribution in [3.63, 3.8) is 0 Å². The fourth-order valence-electron chi connectivity index (χ4n) is 2.37. The smallest absolute Gasteiger partial charge is 0.0799 e. The molecule has 0 fully saturated rings. The molecule has 128 valence electrons. The van der Waals surface area contributed by atoms with E-state index in [1.807, 2.05) is 0 Å². The van der Waals surface area contributed by atoms with E-state index in [1.165, 1.54) is 57.8 Å². The standard InChI is InChI=1S/C17H36O4/c1-2-3-4-5-6-7-8-9-10-11-12-21-15-17(20)13-16(19)14-18/h16-20H,2-15H2,1H3. The summed E-state index contributed by atoms with van der Waals surface area (Å²) < 4.78 is 5.37. The quantitative estimate of drug-likeness (QED) is 0.383. The van der Waals surface area contributed by atoms with Gasteiger partial charge in [0.1, 0.15) is 0 Å². The van der Waals surface area contributed by atoms with Crippen LogP contribution in [0, 0.1) is 0 Å². The highest BCUT2D eigenvalue weighted by Crippen LogP contribution is 2.10. The Morgan fingerprint density at radius 1 is 0.762 bits per heavy atom. The van der Waals surface area contributed by atoms with Crippen LogP contribution >= 0.6 is 0 Å². The fraction of sp³-hybridized carbons (Fsp3) is 1.00. The van der Waals surface area contributed by atoms with Crippen LogP contribution in [0.15, 0.2) is 0 Å². The van der Waals surface area contributed by atoms with Crippen molar-refractivity contribution < 1.29 is 20.1 Å². The van der Waals surface area contributed by atoms with E-state index in [4.69, 9.17) is 14.9 Å². The average molecular weight is 304 g/mol. The van der Waals surface area contributed by atoms with Crippen molar-refractivity contribution in [2.45, 2.75) is 89.8 Å². The van der Waals surface area contributed by atoms with Gasteiger partial charge in [0.15, 0.2) is 0 Å². The summed E-state index contributed by atoms with van der Waals surface area (Å²) in [6, 6.07) is 0. The van der Waals surface area contributed by atoms with Crippen LogP contribution in [0.4, 0.5) is 0 Å². The van der Waals surface area contributed by atoms with Crippen LogP contribution in [0.2, 0.25) is 0 Å². The first kappa shape index (κ1) is 20.8. The summed E-state index contributed by atoms with van der Waals surface area (Å²) >= 11 is 0. The van der Waals surface area contributed by atoms with Crippen molar-refractivity contribution >= 4 is 0 Å². The molecule has 4 nitrogen and oxygen atoms in total. The third-order valence-corrected chi connectivity index (χ3v) is 3.71. The summed E-state index contributed by atoms with van der Waals surface area (Å²) in [5, 5.41) is 27.3. The van der Waals surface area contributed by atoms with Gasteiger partial charge in [0, 0.05) is 13.0 Å². The first-order valence-corrected chi connectivity index (χ1v) is 8.75. The van der Waals surface area contributed by atoms with E-state index in [2.05, 4.69) is 6.92 Å².